The first kappa shape index (κ1) is 18.4. The Morgan fingerprint density at radius 3 is 0.862 bits per heavy atom. The molecular weight excluding hydrogens is 356 g/mol. The van der Waals surface area contributed by atoms with Crippen LogP contribution in [0.4, 0.5) is 0 Å². The third kappa shape index (κ3) is 4.66. The fourth-order valence-electron chi connectivity index (χ4n) is 3.03. The molecule has 0 atom stereocenters. The molecule has 0 amide bonds. The van der Waals surface area contributed by atoms with Gasteiger partial charge in [-0.05, 0) is 0 Å². The molecule has 0 aliphatic heterocycles. The molecule has 3 heteroatoms. The Balaban J connectivity index is 1.72. The van der Waals surface area contributed by atoms with Crippen molar-refractivity contribution in [1.82, 2.24) is 0 Å². The summed E-state index contributed by atoms with van der Waals surface area (Å²) in [4.78, 5) is 5.55. The quantitative estimate of drug-likeness (QED) is 0.304. The summed E-state index contributed by atoms with van der Waals surface area (Å²) < 4.78 is 0. The van der Waals surface area contributed by atoms with Crippen LogP contribution in [0, 0.1) is 0 Å². The molecular formula is C26H20N2O. The predicted molar refractivity (Wildman–Crippen MR) is 118 cm³/mol. The Kier molecular flexibility index (Phi) is 5.89. The van der Waals surface area contributed by atoms with Crippen LogP contribution in [0.15, 0.2) is 132 Å². The van der Waals surface area contributed by atoms with Gasteiger partial charge >= 0.3 is 0 Å². The Hall–Kier alpha value is -3.98. The highest BCUT2D eigenvalue weighted by molar-refractivity contribution is 6.13. The number of hydrogen-bond donors (Lipinski definition) is 0. The van der Waals surface area contributed by atoms with E-state index in [1.54, 1.807) is 0 Å². The molecule has 0 aliphatic carbocycles. The first-order chi connectivity index (χ1) is 14.4. The largest absolute Gasteiger partial charge is 0.243 e. The zero-order valence-corrected chi connectivity index (χ0v) is 15.8. The van der Waals surface area contributed by atoms with E-state index in [9.17, 15) is 0 Å². The second kappa shape index (κ2) is 9.29. The van der Waals surface area contributed by atoms with Gasteiger partial charge < -0.3 is 0 Å². The van der Waals surface area contributed by atoms with Crippen LogP contribution >= 0.6 is 0 Å². The van der Waals surface area contributed by atoms with Gasteiger partial charge in [-0.25, -0.2) is 4.94 Å². The van der Waals surface area contributed by atoms with Gasteiger partial charge in [0.15, 0.2) is 0 Å². The third-order valence-corrected chi connectivity index (χ3v) is 4.45. The van der Waals surface area contributed by atoms with Crippen molar-refractivity contribution in [3.8, 4) is 0 Å². The van der Waals surface area contributed by atoms with E-state index in [1.165, 1.54) is 0 Å². The van der Waals surface area contributed by atoms with E-state index < -0.39 is 0 Å². The Labute approximate surface area is 170 Å². The zero-order valence-electron chi connectivity index (χ0n) is 15.8. The summed E-state index contributed by atoms with van der Waals surface area (Å²) in [5.74, 6) is 0. The molecule has 0 bridgehead atoms. The van der Waals surface area contributed by atoms with Gasteiger partial charge in [-0.3, -0.25) is 0 Å². The molecule has 0 unspecified atom stereocenters. The Morgan fingerprint density at radius 2 is 0.621 bits per heavy atom. The molecule has 0 aromatic heterocycles. The van der Waals surface area contributed by atoms with E-state index in [-0.39, 0.29) is 0 Å². The van der Waals surface area contributed by atoms with Crippen molar-refractivity contribution in [3.05, 3.63) is 144 Å². The number of oxime groups is 2. The maximum absolute atomic E-state index is 5.55. The first-order valence-electron chi connectivity index (χ1n) is 9.46. The third-order valence-electron chi connectivity index (χ3n) is 4.45. The SMILES string of the molecule is c1ccc(C(=NON=C(c2ccccc2)c2ccccc2)c2ccccc2)cc1. The van der Waals surface area contributed by atoms with Crippen LogP contribution < -0.4 is 0 Å². The molecule has 4 rings (SSSR count). The van der Waals surface area contributed by atoms with E-state index in [0.717, 1.165) is 33.7 Å². The average molecular weight is 376 g/mol. The van der Waals surface area contributed by atoms with Gasteiger partial charge in [-0.15, -0.1) is 0 Å². The minimum atomic E-state index is 0.732. The van der Waals surface area contributed by atoms with Crippen LogP contribution in [-0.2, 0) is 4.94 Å². The van der Waals surface area contributed by atoms with Gasteiger partial charge in [0, 0.05) is 22.3 Å². The molecule has 0 spiro atoms. The molecule has 3 nitrogen and oxygen atoms in total. The van der Waals surface area contributed by atoms with Gasteiger partial charge in [0.25, 0.3) is 0 Å². The van der Waals surface area contributed by atoms with E-state index in [4.69, 9.17) is 4.94 Å². The maximum atomic E-state index is 5.55. The van der Waals surface area contributed by atoms with Crippen molar-refractivity contribution < 1.29 is 4.94 Å². The number of benzene rings is 4. The van der Waals surface area contributed by atoms with Crippen molar-refractivity contribution in [1.29, 1.82) is 0 Å². The van der Waals surface area contributed by atoms with E-state index in [0.29, 0.717) is 0 Å². The number of nitrogens with zero attached hydrogens (tertiary/aromatic N) is 2. The summed E-state index contributed by atoms with van der Waals surface area (Å²) in [7, 11) is 0. The highest BCUT2D eigenvalue weighted by Crippen LogP contribution is 2.14. The summed E-state index contributed by atoms with van der Waals surface area (Å²) in [5, 5.41) is 8.77. The molecule has 4 aromatic rings. The van der Waals surface area contributed by atoms with Crippen molar-refractivity contribution >= 4 is 11.4 Å². The number of hydrogen-bond acceptors (Lipinski definition) is 3. The molecule has 0 heterocycles. The molecule has 0 fully saturated rings. The van der Waals surface area contributed by atoms with Crippen molar-refractivity contribution in [2.45, 2.75) is 0 Å². The second-order valence-corrected chi connectivity index (χ2v) is 6.43. The Morgan fingerprint density at radius 1 is 0.379 bits per heavy atom. The number of rotatable bonds is 6. The van der Waals surface area contributed by atoms with Gasteiger partial charge in [0.05, 0.1) is 0 Å². The minimum Gasteiger partial charge on any atom is -0.243 e. The van der Waals surface area contributed by atoms with Gasteiger partial charge in [-0.2, -0.15) is 0 Å². The second-order valence-electron chi connectivity index (χ2n) is 6.43. The molecule has 0 N–H and O–H groups in total. The van der Waals surface area contributed by atoms with Crippen LogP contribution in [0.5, 0.6) is 0 Å². The average Bonchev–Trinajstić information content (AvgIpc) is 2.81. The van der Waals surface area contributed by atoms with E-state index in [1.807, 2.05) is 121 Å². The molecule has 0 saturated heterocycles. The molecule has 29 heavy (non-hydrogen) atoms. The zero-order chi connectivity index (χ0) is 19.7. The van der Waals surface area contributed by atoms with Crippen LogP contribution in [0.2, 0.25) is 0 Å². The van der Waals surface area contributed by atoms with Crippen molar-refractivity contribution in [2.75, 3.05) is 0 Å². The lowest BCUT2D eigenvalue weighted by atomic mass is 10.0. The van der Waals surface area contributed by atoms with Gasteiger partial charge in [-0.1, -0.05) is 132 Å². The minimum absolute atomic E-state index is 0.732. The molecule has 140 valence electrons. The Bertz CT molecular complexity index is 917. The highest BCUT2D eigenvalue weighted by Gasteiger charge is 2.09. The van der Waals surface area contributed by atoms with Gasteiger partial charge in [0.2, 0.25) is 0 Å². The first-order valence-corrected chi connectivity index (χ1v) is 9.46. The van der Waals surface area contributed by atoms with Crippen LogP contribution in [0.25, 0.3) is 0 Å². The highest BCUT2D eigenvalue weighted by atomic mass is 16.8. The summed E-state index contributed by atoms with van der Waals surface area (Å²) in [6, 6.07) is 39.8. The lowest BCUT2D eigenvalue weighted by Gasteiger charge is -2.07. The van der Waals surface area contributed by atoms with Crippen LogP contribution in [0.1, 0.15) is 22.3 Å². The lowest BCUT2D eigenvalue weighted by Crippen LogP contribution is -2.06. The van der Waals surface area contributed by atoms with Gasteiger partial charge in [0.1, 0.15) is 11.4 Å². The maximum Gasteiger partial charge on any atom is 0.120 e. The fraction of sp³-hybridized carbons (Fsp3) is 0. The monoisotopic (exact) mass is 376 g/mol. The summed E-state index contributed by atoms with van der Waals surface area (Å²) >= 11 is 0. The fourth-order valence-corrected chi connectivity index (χ4v) is 3.03. The van der Waals surface area contributed by atoms with E-state index in [2.05, 4.69) is 10.3 Å². The predicted octanol–water partition coefficient (Wildman–Crippen LogP) is 5.91. The normalized spacial score (nSPS) is 10.1. The molecule has 0 radical (unpaired) electrons. The van der Waals surface area contributed by atoms with E-state index >= 15 is 0 Å². The summed E-state index contributed by atoms with van der Waals surface area (Å²) in [6.07, 6.45) is 0. The molecule has 0 aliphatic rings. The summed E-state index contributed by atoms with van der Waals surface area (Å²) in [5.41, 5.74) is 5.33. The lowest BCUT2D eigenvalue weighted by molar-refractivity contribution is 0.156. The smallest absolute Gasteiger partial charge is 0.120 e. The van der Waals surface area contributed by atoms with Crippen LogP contribution in [0.3, 0.4) is 0 Å². The topological polar surface area (TPSA) is 34.0 Å². The van der Waals surface area contributed by atoms with Crippen molar-refractivity contribution in [2.24, 2.45) is 10.3 Å². The summed E-state index contributed by atoms with van der Waals surface area (Å²) in [6.45, 7) is 0. The van der Waals surface area contributed by atoms with Crippen LogP contribution in [-0.4, -0.2) is 11.4 Å². The standard InChI is InChI=1S/C26H20N2O/c1-5-13-21(14-6-1)25(22-15-7-2-8-16-22)27-29-28-26(23-17-9-3-10-18-23)24-19-11-4-12-20-24/h1-20H. The molecule has 0 saturated carbocycles. The molecule has 4 aromatic carbocycles. The van der Waals surface area contributed by atoms with Crippen molar-refractivity contribution in [3.63, 3.8) is 0 Å².